The third-order valence-corrected chi connectivity index (χ3v) is 3.98. The Morgan fingerprint density at radius 1 is 1.42 bits per heavy atom. The minimum Gasteiger partial charge on any atom is -0.352 e. The number of nitrogens with one attached hydrogen (secondary N) is 1. The van der Waals surface area contributed by atoms with E-state index in [1.54, 1.807) is 12.5 Å². The number of hydrogen-bond acceptors (Lipinski definition) is 3. The lowest BCUT2D eigenvalue weighted by Gasteiger charge is -2.30. The maximum absolute atomic E-state index is 11.9. The van der Waals surface area contributed by atoms with Gasteiger partial charge >= 0.3 is 0 Å². The molecule has 106 valence electrons. The highest BCUT2D eigenvalue weighted by molar-refractivity contribution is 5.76. The second kappa shape index (κ2) is 7.28. The van der Waals surface area contributed by atoms with Crippen LogP contribution in [-0.4, -0.2) is 28.0 Å². The van der Waals surface area contributed by atoms with Crippen molar-refractivity contribution in [3.63, 3.8) is 0 Å². The van der Waals surface area contributed by atoms with E-state index < -0.39 is 0 Å². The lowest BCUT2D eigenvalue weighted by Crippen LogP contribution is -2.46. The van der Waals surface area contributed by atoms with Gasteiger partial charge in [-0.15, -0.1) is 0 Å². The van der Waals surface area contributed by atoms with Crippen LogP contribution in [0.25, 0.3) is 0 Å². The van der Waals surface area contributed by atoms with E-state index in [9.17, 15) is 4.79 Å². The Bertz CT molecular complexity index is 371. The van der Waals surface area contributed by atoms with E-state index in [-0.39, 0.29) is 11.9 Å². The number of carbonyl (C=O) groups is 1. The smallest absolute Gasteiger partial charge is 0.222 e. The Balaban J connectivity index is 1.75. The van der Waals surface area contributed by atoms with E-state index in [0.717, 1.165) is 0 Å². The molecule has 1 atom stereocenters. The quantitative estimate of drug-likeness (QED) is 0.813. The largest absolute Gasteiger partial charge is 0.352 e. The van der Waals surface area contributed by atoms with Crippen molar-refractivity contribution in [3.05, 3.63) is 18.7 Å². The number of hydrogen-bond donors (Lipinski definition) is 2. The summed E-state index contributed by atoms with van der Waals surface area (Å²) in [5.74, 6) is 0.658. The summed E-state index contributed by atoms with van der Waals surface area (Å²) in [6.45, 7) is 1.22. The Morgan fingerprint density at radius 3 is 2.84 bits per heavy atom. The van der Waals surface area contributed by atoms with Crippen molar-refractivity contribution in [2.45, 2.75) is 51.1 Å². The summed E-state index contributed by atoms with van der Waals surface area (Å²) in [6, 6.07) is 0.149. The molecule has 1 aliphatic rings. The summed E-state index contributed by atoms with van der Waals surface area (Å²) in [5.41, 5.74) is 5.81. The molecule has 2 rings (SSSR count). The van der Waals surface area contributed by atoms with Crippen LogP contribution in [0.3, 0.4) is 0 Å². The first kappa shape index (κ1) is 14.1. The molecule has 0 radical (unpaired) electrons. The van der Waals surface area contributed by atoms with Gasteiger partial charge < -0.3 is 15.6 Å². The van der Waals surface area contributed by atoms with Crippen molar-refractivity contribution in [3.8, 4) is 0 Å². The predicted octanol–water partition coefficient (Wildman–Crippen LogP) is 1.30. The average Bonchev–Trinajstić information content (AvgIpc) is 2.97. The van der Waals surface area contributed by atoms with Crippen molar-refractivity contribution in [1.82, 2.24) is 14.9 Å². The fourth-order valence-electron chi connectivity index (χ4n) is 2.83. The minimum absolute atomic E-state index is 0.0923. The van der Waals surface area contributed by atoms with Gasteiger partial charge in [-0.3, -0.25) is 4.79 Å². The van der Waals surface area contributed by atoms with E-state index >= 15 is 0 Å². The highest BCUT2D eigenvalue weighted by atomic mass is 16.1. The van der Waals surface area contributed by atoms with Gasteiger partial charge in [0.1, 0.15) is 0 Å². The molecule has 1 heterocycles. The minimum atomic E-state index is 0.0923. The second-order valence-corrected chi connectivity index (χ2v) is 5.36. The Kier molecular flexibility index (Phi) is 5.39. The Labute approximate surface area is 114 Å². The molecule has 1 amide bonds. The number of amides is 1. The molecule has 1 saturated carbocycles. The molecule has 1 unspecified atom stereocenters. The van der Waals surface area contributed by atoms with Crippen molar-refractivity contribution < 1.29 is 4.79 Å². The number of aromatic nitrogens is 2. The highest BCUT2D eigenvalue weighted by Gasteiger charge is 2.23. The van der Waals surface area contributed by atoms with Gasteiger partial charge in [0.15, 0.2) is 0 Å². The summed E-state index contributed by atoms with van der Waals surface area (Å²) >= 11 is 0. The fraction of sp³-hybridized carbons (Fsp3) is 0.714. The van der Waals surface area contributed by atoms with Crippen LogP contribution in [0, 0.1) is 5.92 Å². The van der Waals surface area contributed by atoms with Crippen molar-refractivity contribution in [2.24, 2.45) is 11.7 Å². The van der Waals surface area contributed by atoms with Gasteiger partial charge in [-0.25, -0.2) is 4.98 Å². The third-order valence-electron chi connectivity index (χ3n) is 3.98. The molecule has 0 bridgehead atoms. The predicted molar refractivity (Wildman–Crippen MR) is 74.4 cm³/mol. The highest BCUT2D eigenvalue weighted by Crippen LogP contribution is 2.26. The summed E-state index contributed by atoms with van der Waals surface area (Å²) in [5, 5.41) is 3.10. The van der Waals surface area contributed by atoms with E-state index in [2.05, 4.69) is 10.3 Å². The standard InChI is InChI=1S/C14H24N4O/c15-10-13(12-4-2-1-3-5-12)17-14(19)6-8-18-9-7-16-11-18/h7,9,11-13H,1-6,8,10,15H2,(H,17,19). The zero-order valence-corrected chi connectivity index (χ0v) is 11.4. The van der Waals surface area contributed by atoms with Crippen LogP contribution in [-0.2, 0) is 11.3 Å². The summed E-state index contributed by atoms with van der Waals surface area (Å²) < 4.78 is 1.91. The molecule has 5 heteroatoms. The number of aryl methyl sites for hydroxylation is 1. The van der Waals surface area contributed by atoms with Crippen LogP contribution < -0.4 is 11.1 Å². The fourth-order valence-corrected chi connectivity index (χ4v) is 2.83. The molecule has 19 heavy (non-hydrogen) atoms. The number of nitrogens with two attached hydrogens (primary N) is 1. The molecule has 0 saturated heterocycles. The first-order chi connectivity index (χ1) is 9.29. The van der Waals surface area contributed by atoms with E-state index in [4.69, 9.17) is 5.73 Å². The zero-order chi connectivity index (χ0) is 13.5. The van der Waals surface area contributed by atoms with Gasteiger partial charge in [-0.2, -0.15) is 0 Å². The molecule has 0 aromatic carbocycles. The Hall–Kier alpha value is -1.36. The first-order valence-electron chi connectivity index (χ1n) is 7.25. The zero-order valence-electron chi connectivity index (χ0n) is 11.4. The maximum Gasteiger partial charge on any atom is 0.222 e. The van der Waals surface area contributed by atoms with E-state index in [0.29, 0.717) is 25.4 Å². The van der Waals surface area contributed by atoms with Gasteiger partial charge in [0.2, 0.25) is 5.91 Å². The van der Waals surface area contributed by atoms with Crippen LogP contribution in [0.5, 0.6) is 0 Å². The van der Waals surface area contributed by atoms with Crippen LogP contribution in [0.1, 0.15) is 38.5 Å². The van der Waals surface area contributed by atoms with Crippen LogP contribution in [0.15, 0.2) is 18.7 Å². The number of rotatable bonds is 6. The lowest BCUT2D eigenvalue weighted by molar-refractivity contribution is -0.122. The topological polar surface area (TPSA) is 72.9 Å². The maximum atomic E-state index is 11.9. The van der Waals surface area contributed by atoms with Gasteiger partial charge in [0.05, 0.1) is 6.33 Å². The third kappa shape index (κ3) is 4.35. The lowest BCUT2D eigenvalue weighted by atomic mass is 9.84. The molecule has 5 nitrogen and oxygen atoms in total. The molecule has 0 aliphatic heterocycles. The first-order valence-corrected chi connectivity index (χ1v) is 7.25. The summed E-state index contributed by atoms with van der Waals surface area (Å²) in [4.78, 5) is 15.9. The normalized spacial score (nSPS) is 18.2. The molecule has 1 aliphatic carbocycles. The monoisotopic (exact) mass is 264 g/mol. The van der Waals surface area contributed by atoms with Gasteiger partial charge in [0.25, 0.3) is 0 Å². The van der Waals surface area contributed by atoms with Gasteiger partial charge in [-0.1, -0.05) is 19.3 Å². The van der Waals surface area contributed by atoms with E-state index in [1.807, 2.05) is 10.8 Å². The number of nitrogens with zero attached hydrogens (tertiary/aromatic N) is 2. The Morgan fingerprint density at radius 2 is 2.21 bits per heavy atom. The summed E-state index contributed by atoms with van der Waals surface area (Å²) in [7, 11) is 0. The number of imidazole rings is 1. The molecule has 1 aromatic rings. The van der Waals surface area contributed by atoms with Crippen LogP contribution >= 0.6 is 0 Å². The van der Waals surface area contributed by atoms with Crippen LogP contribution in [0.2, 0.25) is 0 Å². The van der Waals surface area contributed by atoms with Gasteiger partial charge in [-0.05, 0) is 18.8 Å². The molecule has 1 aromatic heterocycles. The van der Waals surface area contributed by atoms with Crippen molar-refractivity contribution in [2.75, 3.05) is 6.54 Å². The molecule has 1 fully saturated rings. The molecular formula is C14H24N4O. The molecule has 0 spiro atoms. The average molecular weight is 264 g/mol. The SMILES string of the molecule is NCC(NC(=O)CCn1ccnc1)C1CCCCC1. The van der Waals surface area contributed by atoms with Gasteiger partial charge in [0, 0.05) is 37.9 Å². The van der Waals surface area contributed by atoms with E-state index in [1.165, 1.54) is 32.1 Å². The second-order valence-electron chi connectivity index (χ2n) is 5.36. The van der Waals surface area contributed by atoms with Crippen LogP contribution in [0.4, 0.5) is 0 Å². The summed E-state index contributed by atoms with van der Waals surface area (Å²) in [6.07, 6.45) is 12.1. The van der Waals surface area contributed by atoms with Crippen molar-refractivity contribution in [1.29, 1.82) is 0 Å². The molecular weight excluding hydrogens is 240 g/mol. The molecule has 3 N–H and O–H groups in total. The van der Waals surface area contributed by atoms with Crippen molar-refractivity contribution >= 4 is 5.91 Å². The number of carbonyl (C=O) groups excluding carboxylic acids is 1.